The van der Waals surface area contributed by atoms with E-state index in [4.69, 9.17) is 9.05 Å². The van der Waals surface area contributed by atoms with E-state index in [-0.39, 0.29) is 0 Å². The molecule has 0 aliphatic rings. The normalized spacial score (nSPS) is 4.80. The van der Waals surface area contributed by atoms with Crippen molar-refractivity contribution in [2.24, 2.45) is 0 Å². The summed E-state index contributed by atoms with van der Waals surface area (Å²) < 4.78 is 27.8. The molecule has 0 N–H and O–H groups in total. The fourth-order valence-corrected chi connectivity index (χ4v) is 0. The van der Waals surface area contributed by atoms with Crippen LogP contribution >= 0.6 is 0 Å². The van der Waals surface area contributed by atoms with Crippen LogP contribution in [0.5, 0.6) is 0 Å². The molecule has 0 rings (SSSR count). The summed E-state index contributed by atoms with van der Waals surface area (Å²) >= 11 is 0. The third kappa shape index (κ3) is 184. The first-order chi connectivity index (χ1) is 2.41. The zero-order valence-corrected chi connectivity index (χ0v) is 2.54. The first-order valence-electron chi connectivity index (χ1n) is 0.687. The van der Waals surface area contributed by atoms with E-state index in [1.165, 1.54) is 5.15 Å². The van der Waals surface area contributed by atoms with E-state index in [9.17, 15) is 4.39 Å². The van der Waals surface area contributed by atoms with E-state index in [1.54, 1.807) is 0 Å². The lowest BCUT2D eigenvalue weighted by Gasteiger charge is -1.41. The van der Waals surface area contributed by atoms with Crippen LogP contribution in [-0.2, 0) is 5.15 Å². The fourth-order valence-electron chi connectivity index (χ4n) is 0. The molecule has 0 amide bonds. The van der Waals surface area contributed by atoms with Crippen LogP contribution in [0.3, 0.4) is 0 Å². The topological polar surface area (TPSA) is 9.23 Å². The fraction of sp³-hybridized carbons (Fsp3) is 1.00. The van der Waals surface area contributed by atoms with Crippen LogP contribution in [0.25, 0.3) is 0 Å². The molecule has 0 fully saturated rings. The van der Waals surface area contributed by atoms with E-state index in [1.807, 2.05) is 0 Å². The summed E-state index contributed by atoms with van der Waals surface area (Å²) in [7, 11) is 0.500. The van der Waals surface area contributed by atoms with Gasteiger partial charge >= 0.3 is 0 Å². The Bertz CT molecular complexity index is 6.85. The molecule has 0 bridgehead atoms. The molecule has 0 spiro atoms. The highest BCUT2D eigenvalue weighted by atomic mass is 19.6. The van der Waals surface area contributed by atoms with Gasteiger partial charge in [0, 0.05) is 5.15 Å². The molecule has 0 saturated carbocycles. The predicted molar refractivity (Wildman–Crippen MR) is 10.3 cm³/mol. The predicted octanol–water partition coefficient (Wildman–Crippen LogP) is 1.36. The summed E-state index contributed by atoms with van der Waals surface area (Å²) in [6, 6.07) is 0. The lowest BCUT2D eigenvalue weighted by atomic mass is 11.9. The Morgan fingerprint density at radius 3 is 1.20 bits per heavy atom. The average molecular weight is 88.0 g/mol. The Hall–Kier alpha value is -0.250. The third-order valence-electron chi connectivity index (χ3n) is 0. The summed E-state index contributed by atoms with van der Waals surface area (Å²) in [4.78, 5) is 0. The highest BCUT2D eigenvalue weighted by Crippen LogP contribution is 1.61. The van der Waals surface area contributed by atoms with Gasteiger partial charge in [-0.1, -0.05) is 0 Å². The van der Waals surface area contributed by atoms with Crippen LogP contribution in [0.2, 0.25) is 0 Å². The number of rotatable bonds is 0. The van der Waals surface area contributed by atoms with Crippen LogP contribution in [0, 0.1) is 0 Å². The van der Waals surface area contributed by atoms with Gasteiger partial charge in [-0.3, -0.25) is 4.39 Å². The van der Waals surface area contributed by atoms with Crippen LogP contribution in [0.1, 0.15) is 0 Å². The van der Waals surface area contributed by atoms with Gasteiger partial charge in [0.05, 0.1) is 7.18 Å². The van der Waals surface area contributed by atoms with Crippen molar-refractivity contribution in [3.8, 4) is 0 Å². The zero-order chi connectivity index (χ0) is 4.71. The van der Waals surface area contributed by atoms with Crippen molar-refractivity contribution in [1.82, 2.24) is 0 Å². The maximum atomic E-state index is 9.50. The molecule has 0 aliphatic carbocycles. The maximum Gasteiger partial charge on any atom is 0.0785 e. The minimum atomic E-state index is 0.500. The molecule has 0 unspecified atom stereocenters. The van der Waals surface area contributed by atoms with Crippen molar-refractivity contribution in [1.29, 1.82) is 0 Å². The van der Waals surface area contributed by atoms with Gasteiger partial charge in [0.25, 0.3) is 0 Å². The SMILES string of the molecule is CF.FOF. The van der Waals surface area contributed by atoms with E-state index in [0.717, 1.165) is 0 Å². The highest BCUT2D eigenvalue weighted by molar-refractivity contribution is 3.23. The van der Waals surface area contributed by atoms with Crippen LogP contribution in [0.4, 0.5) is 13.4 Å². The third-order valence-corrected chi connectivity index (χ3v) is 0. The van der Waals surface area contributed by atoms with E-state index < -0.39 is 0 Å². The molecule has 0 aromatic rings. The van der Waals surface area contributed by atoms with Gasteiger partial charge in [-0.25, -0.2) is 0 Å². The van der Waals surface area contributed by atoms with Crippen molar-refractivity contribution in [3.05, 3.63) is 0 Å². The molecule has 0 atom stereocenters. The van der Waals surface area contributed by atoms with Gasteiger partial charge in [0.1, 0.15) is 0 Å². The molecule has 0 heterocycles. The number of hydrogen-bond acceptors (Lipinski definition) is 1. The molecule has 1 nitrogen and oxygen atoms in total. The second-order valence-corrected chi connectivity index (χ2v) is 0.0583. The summed E-state index contributed by atoms with van der Waals surface area (Å²) in [6.45, 7) is 0. The largest absolute Gasteiger partial charge is 0.255 e. The molecular formula is CH3F3O. The number of hydrogen-bond donors (Lipinski definition) is 0. The van der Waals surface area contributed by atoms with E-state index >= 15 is 0 Å². The highest BCUT2D eigenvalue weighted by Gasteiger charge is 1.42. The second kappa shape index (κ2) is 50.4. The smallest absolute Gasteiger partial charge is 0.0785 e. The van der Waals surface area contributed by atoms with Crippen molar-refractivity contribution >= 4 is 0 Å². The van der Waals surface area contributed by atoms with Gasteiger partial charge in [-0.15, -0.1) is 0 Å². The zero-order valence-electron chi connectivity index (χ0n) is 2.54. The van der Waals surface area contributed by atoms with Crippen molar-refractivity contribution in [2.75, 3.05) is 7.18 Å². The van der Waals surface area contributed by atoms with Gasteiger partial charge in [-0.05, 0) is 9.05 Å². The van der Waals surface area contributed by atoms with Gasteiger partial charge in [0.2, 0.25) is 0 Å². The minimum absolute atomic E-state index is 0.500. The summed E-state index contributed by atoms with van der Waals surface area (Å²) in [6.07, 6.45) is 0. The van der Waals surface area contributed by atoms with Gasteiger partial charge in [0.15, 0.2) is 0 Å². The minimum Gasteiger partial charge on any atom is -0.255 e. The average Bonchev–Trinajstić information content (AvgIpc) is 1.46. The van der Waals surface area contributed by atoms with Crippen LogP contribution in [0.15, 0.2) is 0 Å². The second-order valence-electron chi connectivity index (χ2n) is 0.0583. The van der Waals surface area contributed by atoms with E-state index in [0.29, 0.717) is 7.18 Å². The van der Waals surface area contributed by atoms with Crippen molar-refractivity contribution in [3.63, 3.8) is 0 Å². The molecule has 34 valence electrons. The first kappa shape index (κ1) is 8.83. The standard InChI is InChI=1S/CH3F.F2O/c1-2;1-3-2/h1H3;. The molecule has 0 saturated heterocycles. The van der Waals surface area contributed by atoms with Crippen LogP contribution in [-0.4, -0.2) is 7.18 Å². The number of halogens is 3. The number of alkyl halides is 1. The molecule has 5 heavy (non-hydrogen) atoms. The first-order valence-corrected chi connectivity index (χ1v) is 0.687. The Kier molecular flexibility index (Phi) is 89.1. The van der Waals surface area contributed by atoms with E-state index in [2.05, 4.69) is 0 Å². The molecular weight excluding hydrogens is 85.0 g/mol. The summed E-state index contributed by atoms with van der Waals surface area (Å²) in [5.41, 5.74) is 0. The molecule has 4 heteroatoms. The lowest BCUT2D eigenvalue weighted by Crippen LogP contribution is -1.26. The van der Waals surface area contributed by atoms with Crippen molar-refractivity contribution in [2.45, 2.75) is 0 Å². The van der Waals surface area contributed by atoms with Gasteiger partial charge in [-0.2, -0.15) is 0 Å². The Morgan fingerprint density at radius 2 is 1.20 bits per heavy atom. The molecule has 0 radical (unpaired) electrons. The van der Waals surface area contributed by atoms with Crippen LogP contribution < -0.4 is 0 Å². The Labute approximate surface area is 27.2 Å². The van der Waals surface area contributed by atoms with Crippen molar-refractivity contribution < 1.29 is 18.6 Å². The Morgan fingerprint density at radius 1 is 1.20 bits per heavy atom. The quantitative estimate of drug-likeness (QED) is 0.434. The molecule has 0 aromatic carbocycles. The molecule has 0 aromatic heterocycles. The monoisotopic (exact) mass is 88.0 g/mol. The lowest BCUT2D eigenvalue weighted by molar-refractivity contribution is -0.317. The maximum absolute atomic E-state index is 9.50. The Balaban J connectivity index is 0. The summed E-state index contributed by atoms with van der Waals surface area (Å²) in [5.74, 6) is 0. The molecule has 0 aliphatic heterocycles. The summed E-state index contributed by atoms with van der Waals surface area (Å²) in [5, 5.41) is 1.25. The van der Waals surface area contributed by atoms with Gasteiger partial charge < -0.3 is 0 Å².